The second-order valence-electron chi connectivity index (χ2n) is 5.59. The number of methoxy groups -OCH3 is 1. The van der Waals surface area contributed by atoms with E-state index < -0.39 is 0 Å². The maximum atomic E-state index is 12.3. The van der Waals surface area contributed by atoms with Crippen molar-refractivity contribution in [1.82, 2.24) is 14.9 Å². The third kappa shape index (κ3) is 2.69. The first-order valence-corrected chi connectivity index (χ1v) is 7.18. The number of fused-ring (bicyclic) bond motifs is 1. The Bertz CT molecular complexity index is 480. The second-order valence-corrected chi connectivity index (χ2v) is 5.59. The summed E-state index contributed by atoms with van der Waals surface area (Å²) in [6, 6.07) is 1.56. The van der Waals surface area contributed by atoms with E-state index in [9.17, 15) is 4.79 Å². The highest BCUT2D eigenvalue weighted by Crippen LogP contribution is 2.36. The number of nitrogens with zero attached hydrogens (tertiary/aromatic N) is 3. The molecule has 0 bridgehead atoms. The summed E-state index contributed by atoms with van der Waals surface area (Å²) in [6.45, 7) is 1.75. The molecule has 20 heavy (non-hydrogen) atoms. The molecule has 6 nitrogen and oxygen atoms in total. The van der Waals surface area contributed by atoms with E-state index in [2.05, 4.69) is 15.3 Å². The number of nitrogens with one attached hydrogen (secondary N) is 1. The van der Waals surface area contributed by atoms with E-state index in [0.29, 0.717) is 23.5 Å². The van der Waals surface area contributed by atoms with Gasteiger partial charge in [-0.2, -0.15) is 0 Å². The van der Waals surface area contributed by atoms with Crippen LogP contribution in [0.4, 0.5) is 10.6 Å². The molecule has 108 valence electrons. The minimum atomic E-state index is -0.0693. The van der Waals surface area contributed by atoms with Crippen LogP contribution in [0.5, 0.6) is 5.88 Å². The number of carbonyl (C=O) groups is 1. The van der Waals surface area contributed by atoms with E-state index >= 15 is 0 Å². The molecule has 2 unspecified atom stereocenters. The maximum Gasteiger partial charge on any atom is 0.323 e. The van der Waals surface area contributed by atoms with Gasteiger partial charge in [-0.1, -0.05) is 12.8 Å². The molecule has 2 heterocycles. The summed E-state index contributed by atoms with van der Waals surface area (Å²) in [5.74, 6) is 2.31. The third-order valence-corrected chi connectivity index (χ3v) is 4.35. The van der Waals surface area contributed by atoms with Crippen LogP contribution in [-0.2, 0) is 0 Å². The highest BCUT2D eigenvalue weighted by atomic mass is 16.5. The Kier molecular flexibility index (Phi) is 3.71. The lowest BCUT2D eigenvalue weighted by Crippen LogP contribution is -2.33. The minimum absolute atomic E-state index is 0.0693. The van der Waals surface area contributed by atoms with E-state index in [1.54, 1.807) is 13.2 Å². The highest BCUT2D eigenvalue weighted by Gasteiger charge is 2.36. The molecule has 0 spiro atoms. The molecular formula is C14H20N4O2. The summed E-state index contributed by atoms with van der Waals surface area (Å²) in [4.78, 5) is 22.1. The Balaban J connectivity index is 1.61. The molecule has 1 saturated heterocycles. The van der Waals surface area contributed by atoms with Crippen LogP contribution in [-0.4, -0.2) is 41.1 Å². The van der Waals surface area contributed by atoms with Gasteiger partial charge in [0.05, 0.1) is 7.11 Å². The van der Waals surface area contributed by atoms with Gasteiger partial charge in [0.15, 0.2) is 0 Å². The number of hydrogen-bond donors (Lipinski definition) is 1. The van der Waals surface area contributed by atoms with Crippen molar-refractivity contribution in [1.29, 1.82) is 0 Å². The summed E-state index contributed by atoms with van der Waals surface area (Å²) >= 11 is 0. The van der Waals surface area contributed by atoms with Gasteiger partial charge in [0.25, 0.3) is 0 Å². The van der Waals surface area contributed by atoms with Crippen LogP contribution in [0.3, 0.4) is 0 Å². The topological polar surface area (TPSA) is 67.3 Å². The van der Waals surface area contributed by atoms with Gasteiger partial charge < -0.3 is 9.64 Å². The number of hydrogen-bond acceptors (Lipinski definition) is 4. The molecule has 0 radical (unpaired) electrons. The number of likely N-dealkylation sites (tertiary alicyclic amines) is 1. The van der Waals surface area contributed by atoms with Crippen molar-refractivity contribution in [3.63, 3.8) is 0 Å². The molecule has 1 aromatic rings. The zero-order chi connectivity index (χ0) is 13.9. The molecular weight excluding hydrogens is 256 g/mol. The highest BCUT2D eigenvalue weighted by molar-refractivity contribution is 5.88. The van der Waals surface area contributed by atoms with Crippen molar-refractivity contribution in [2.75, 3.05) is 25.5 Å². The lowest BCUT2D eigenvalue weighted by Gasteiger charge is -2.22. The van der Waals surface area contributed by atoms with Gasteiger partial charge in [0.2, 0.25) is 5.88 Å². The monoisotopic (exact) mass is 276 g/mol. The van der Waals surface area contributed by atoms with E-state index in [0.717, 1.165) is 13.1 Å². The number of ether oxygens (including phenoxy) is 1. The van der Waals surface area contributed by atoms with Crippen LogP contribution < -0.4 is 10.1 Å². The predicted octanol–water partition coefficient (Wildman–Crippen LogP) is 2.14. The normalized spacial score (nSPS) is 25.1. The fourth-order valence-electron chi connectivity index (χ4n) is 3.28. The standard InChI is InChI=1S/C14H20N4O2/c1-20-13-6-12(15-9-16-13)17-14(19)18-7-10-4-2-3-5-11(10)8-18/h6,9-11H,2-5,7-8H2,1H3,(H,15,16,17,19). The van der Waals surface area contributed by atoms with E-state index in [-0.39, 0.29) is 6.03 Å². The smallest absolute Gasteiger partial charge is 0.323 e. The molecule has 2 atom stereocenters. The number of rotatable bonds is 2. The first-order chi connectivity index (χ1) is 9.76. The molecule has 2 fully saturated rings. The zero-order valence-corrected chi connectivity index (χ0v) is 11.7. The van der Waals surface area contributed by atoms with Gasteiger partial charge in [-0.25, -0.2) is 14.8 Å². The number of urea groups is 1. The molecule has 2 aliphatic rings. The molecule has 6 heteroatoms. The molecule has 1 saturated carbocycles. The zero-order valence-electron chi connectivity index (χ0n) is 11.7. The lowest BCUT2D eigenvalue weighted by atomic mass is 9.82. The SMILES string of the molecule is COc1cc(NC(=O)N2CC3CCCCC3C2)ncn1. The van der Waals surface area contributed by atoms with Crippen LogP contribution in [0.2, 0.25) is 0 Å². The Morgan fingerprint density at radius 2 is 2.00 bits per heavy atom. The summed E-state index contributed by atoms with van der Waals surface area (Å²) < 4.78 is 5.02. The van der Waals surface area contributed by atoms with Crippen LogP contribution in [0.25, 0.3) is 0 Å². The average molecular weight is 276 g/mol. The predicted molar refractivity (Wildman–Crippen MR) is 74.6 cm³/mol. The largest absolute Gasteiger partial charge is 0.481 e. The summed E-state index contributed by atoms with van der Waals surface area (Å²) in [7, 11) is 1.54. The Morgan fingerprint density at radius 3 is 2.65 bits per heavy atom. The molecule has 1 aliphatic carbocycles. The molecule has 0 aromatic carbocycles. The van der Waals surface area contributed by atoms with Gasteiger partial charge in [0.1, 0.15) is 12.1 Å². The molecule has 1 aromatic heterocycles. The first kappa shape index (κ1) is 13.1. The third-order valence-electron chi connectivity index (χ3n) is 4.35. The Hall–Kier alpha value is -1.85. The van der Waals surface area contributed by atoms with E-state index in [4.69, 9.17) is 4.74 Å². The van der Waals surface area contributed by atoms with Crippen molar-refractivity contribution >= 4 is 11.8 Å². The van der Waals surface area contributed by atoms with Crippen LogP contribution in [0, 0.1) is 11.8 Å². The molecule has 2 amide bonds. The van der Waals surface area contributed by atoms with E-state index in [1.807, 2.05) is 4.90 Å². The molecule has 1 aliphatic heterocycles. The van der Waals surface area contributed by atoms with Gasteiger partial charge in [-0.3, -0.25) is 5.32 Å². The number of amides is 2. The lowest BCUT2D eigenvalue weighted by molar-refractivity contribution is 0.220. The van der Waals surface area contributed by atoms with Crippen molar-refractivity contribution in [2.45, 2.75) is 25.7 Å². The summed E-state index contributed by atoms with van der Waals surface area (Å²) in [5.41, 5.74) is 0. The van der Waals surface area contributed by atoms with Crippen LogP contribution >= 0.6 is 0 Å². The van der Waals surface area contributed by atoms with E-state index in [1.165, 1.54) is 32.0 Å². The number of carbonyl (C=O) groups excluding carboxylic acids is 1. The van der Waals surface area contributed by atoms with Crippen molar-refractivity contribution < 1.29 is 9.53 Å². The van der Waals surface area contributed by atoms with Gasteiger partial charge in [0, 0.05) is 19.2 Å². The average Bonchev–Trinajstić information content (AvgIpc) is 2.91. The Morgan fingerprint density at radius 1 is 1.30 bits per heavy atom. The molecule has 3 rings (SSSR count). The summed E-state index contributed by atoms with van der Waals surface area (Å²) in [6.07, 6.45) is 6.52. The maximum absolute atomic E-state index is 12.3. The van der Waals surface area contributed by atoms with Crippen LogP contribution in [0.1, 0.15) is 25.7 Å². The summed E-state index contributed by atoms with van der Waals surface area (Å²) in [5, 5.41) is 2.82. The van der Waals surface area contributed by atoms with Crippen molar-refractivity contribution in [3.05, 3.63) is 12.4 Å². The van der Waals surface area contributed by atoms with Crippen molar-refractivity contribution in [2.24, 2.45) is 11.8 Å². The van der Waals surface area contributed by atoms with Gasteiger partial charge >= 0.3 is 6.03 Å². The minimum Gasteiger partial charge on any atom is -0.481 e. The number of aromatic nitrogens is 2. The Labute approximate surface area is 118 Å². The van der Waals surface area contributed by atoms with Crippen LogP contribution in [0.15, 0.2) is 12.4 Å². The number of anilines is 1. The first-order valence-electron chi connectivity index (χ1n) is 7.18. The fraction of sp³-hybridized carbons (Fsp3) is 0.643. The molecule has 1 N–H and O–H groups in total. The second kappa shape index (κ2) is 5.64. The van der Waals surface area contributed by atoms with Gasteiger partial charge in [-0.15, -0.1) is 0 Å². The van der Waals surface area contributed by atoms with Gasteiger partial charge in [-0.05, 0) is 24.7 Å². The van der Waals surface area contributed by atoms with Crippen molar-refractivity contribution in [3.8, 4) is 5.88 Å². The quantitative estimate of drug-likeness (QED) is 0.898. The fourth-order valence-corrected chi connectivity index (χ4v) is 3.28.